The summed E-state index contributed by atoms with van der Waals surface area (Å²) in [7, 11) is 0. The number of carbonyl (C=O) groups is 1. The van der Waals surface area contributed by atoms with Crippen LogP contribution in [0.25, 0.3) is 0 Å². The quantitative estimate of drug-likeness (QED) is 0.884. The van der Waals surface area contributed by atoms with Crippen LogP contribution in [0.5, 0.6) is 5.75 Å². The number of anilines is 1. The van der Waals surface area contributed by atoms with Gasteiger partial charge < -0.3 is 15.2 Å². The highest BCUT2D eigenvalue weighted by molar-refractivity contribution is 6.30. The molecule has 0 aliphatic carbocycles. The first-order valence-electron chi connectivity index (χ1n) is 6.86. The summed E-state index contributed by atoms with van der Waals surface area (Å²) in [6.45, 7) is 3.28. The number of aliphatic hydroxyl groups excluding tert-OH is 1. The molecule has 0 atom stereocenters. The molecule has 5 heteroatoms. The van der Waals surface area contributed by atoms with Gasteiger partial charge in [-0.15, -0.1) is 0 Å². The first-order valence-corrected chi connectivity index (χ1v) is 7.24. The first-order chi connectivity index (χ1) is 10.4. The third kappa shape index (κ3) is 4.23. The maximum atomic E-state index is 12.4. The summed E-state index contributed by atoms with van der Waals surface area (Å²) in [5, 5.41) is 12.5. The van der Waals surface area contributed by atoms with E-state index in [9.17, 15) is 4.79 Å². The van der Waals surface area contributed by atoms with Gasteiger partial charge in [0.2, 0.25) is 0 Å². The number of carbonyl (C=O) groups excluding carboxylic acids is 1. The summed E-state index contributed by atoms with van der Waals surface area (Å²) in [6.07, 6.45) is 0. The fourth-order valence-electron chi connectivity index (χ4n) is 1.90. The Labute approximate surface area is 134 Å². The highest BCUT2D eigenvalue weighted by atomic mass is 35.5. The zero-order chi connectivity index (χ0) is 16.2. The minimum Gasteiger partial charge on any atom is -0.478 e. The van der Waals surface area contributed by atoms with Gasteiger partial charge in [0.25, 0.3) is 5.91 Å². The number of ether oxygens (including phenoxy) is 1. The molecule has 0 heterocycles. The second kappa shape index (κ2) is 6.81. The van der Waals surface area contributed by atoms with Crippen molar-refractivity contribution in [3.8, 4) is 5.75 Å². The van der Waals surface area contributed by atoms with Crippen LogP contribution in [-0.2, 0) is 11.4 Å². The predicted molar refractivity (Wildman–Crippen MR) is 87.2 cm³/mol. The molecule has 2 N–H and O–H groups in total. The van der Waals surface area contributed by atoms with Crippen LogP contribution >= 0.6 is 11.6 Å². The standard InChI is InChI=1S/C17H18ClNO3/c1-17(2,22-15-8-4-6-13(18)10-15)16(21)19-14-7-3-5-12(9-14)11-20/h3-10,20H,11H2,1-2H3,(H,19,21). The summed E-state index contributed by atoms with van der Waals surface area (Å²) >= 11 is 5.91. The molecule has 0 aromatic heterocycles. The molecule has 2 aromatic carbocycles. The SMILES string of the molecule is CC(C)(Oc1cccc(Cl)c1)C(=O)Nc1cccc(CO)c1. The minimum atomic E-state index is -1.07. The second-order valence-electron chi connectivity index (χ2n) is 5.38. The fourth-order valence-corrected chi connectivity index (χ4v) is 2.08. The van der Waals surface area contributed by atoms with Crippen LogP contribution in [-0.4, -0.2) is 16.6 Å². The van der Waals surface area contributed by atoms with E-state index >= 15 is 0 Å². The molecule has 0 saturated heterocycles. The zero-order valence-electron chi connectivity index (χ0n) is 12.5. The van der Waals surface area contributed by atoms with Crippen LogP contribution < -0.4 is 10.1 Å². The number of hydrogen-bond donors (Lipinski definition) is 2. The molecule has 0 unspecified atom stereocenters. The first kappa shape index (κ1) is 16.3. The lowest BCUT2D eigenvalue weighted by atomic mass is 10.1. The Balaban J connectivity index is 2.09. The molecule has 4 nitrogen and oxygen atoms in total. The molecule has 116 valence electrons. The maximum Gasteiger partial charge on any atom is 0.267 e. The Morgan fingerprint density at radius 3 is 2.64 bits per heavy atom. The molecular weight excluding hydrogens is 302 g/mol. The van der Waals surface area contributed by atoms with Gasteiger partial charge >= 0.3 is 0 Å². The number of halogens is 1. The lowest BCUT2D eigenvalue weighted by Gasteiger charge is -2.25. The van der Waals surface area contributed by atoms with Crippen molar-refractivity contribution in [3.63, 3.8) is 0 Å². The lowest BCUT2D eigenvalue weighted by Crippen LogP contribution is -2.42. The number of benzene rings is 2. The number of amides is 1. The summed E-state index contributed by atoms with van der Waals surface area (Å²) in [4.78, 5) is 12.4. The van der Waals surface area contributed by atoms with Gasteiger partial charge in [-0.1, -0.05) is 29.8 Å². The van der Waals surface area contributed by atoms with Crippen molar-refractivity contribution in [2.45, 2.75) is 26.1 Å². The van der Waals surface area contributed by atoms with E-state index in [0.717, 1.165) is 5.56 Å². The van der Waals surface area contributed by atoms with Crippen molar-refractivity contribution < 1.29 is 14.6 Å². The zero-order valence-corrected chi connectivity index (χ0v) is 13.2. The van der Waals surface area contributed by atoms with E-state index < -0.39 is 5.60 Å². The topological polar surface area (TPSA) is 58.6 Å². The van der Waals surface area contributed by atoms with E-state index in [2.05, 4.69) is 5.32 Å². The second-order valence-corrected chi connectivity index (χ2v) is 5.82. The Morgan fingerprint density at radius 2 is 1.95 bits per heavy atom. The van der Waals surface area contributed by atoms with Gasteiger partial charge in [0, 0.05) is 10.7 Å². The van der Waals surface area contributed by atoms with Gasteiger partial charge in [-0.25, -0.2) is 0 Å². The van der Waals surface area contributed by atoms with E-state index in [4.69, 9.17) is 21.4 Å². The third-order valence-electron chi connectivity index (χ3n) is 3.08. The molecule has 1 amide bonds. The van der Waals surface area contributed by atoms with E-state index in [1.807, 2.05) is 0 Å². The minimum absolute atomic E-state index is 0.0773. The van der Waals surface area contributed by atoms with Gasteiger partial charge in [0.1, 0.15) is 5.75 Å². The third-order valence-corrected chi connectivity index (χ3v) is 3.32. The Kier molecular flexibility index (Phi) is 5.06. The highest BCUT2D eigenvalue weighted by Gasteiger charge is 2.30. The summed E-state index contributed by atoms with van der Waals surface area (Å²) in [5.41, 5.74) is 0.269. The van der Waals surface area contributed by atoms with E-state index in [-0.39, 0.29) is 12.5 Å². The predicted octanol–water partition coefficient (Wildman–Crippen LogP) is 3.63. The molecule has 0 bridgehead atoms. The van der Waals surface area contributed by atoms with Gasteiger partial charge in [-0.3, -0.25) is 4.79 Å². The molecule has 22 heavy (non-hydrogen) atoms. The normalized spacial score (nSPS) is 11.1. The van der Waals surface area contributed by atoms with Crippen LogP contribution in [0.3, 0.4) is 0 Å². The Morgan fingerprint density at radius 1 is 1.23 bits per heavy atom. The Hall–Kier alpha value is -2.04. The maximum absolute atomic E-state index is 12.4. The van der Waals surface area contributed by atoms with Crippen LogP contribution in [0.4, 0.5) is 5.69 Å². The highest BCUT2D eigenvalue weighted by Crippen LogP contribution is 2.23. The molecule has 2 rings (SSSR count). The van der Waals surface area contributed by atoms with Crippen LogP contribution in [0.15, 0.2) is 48.5 Å². The van der Waals surface area contributed by atoms with E-state index in [1.165, 1.54) is 0 Å². The smallest absolute Gasteiger partial charge is 0.267 e. The molecule has 0 aliphatic heterocycles. The van der Waals surface area contributed by atoms with Crippen LogP contribution in [0.2, 0.25) is 5.02 Å². The number of aliphatic hydroxyl groups is 1. The van der Waals surface area contributed by atoms with Gasteiger partial charge in [0.05, 0.1) is 6.61 Å². The van der Waals surface area contributed by atoms with Crippen molar-refractivity contribution in [1.29, 1.82) is 0 Å². The average molecular weight is 320 g/mol. The van der Waals surface area contributed by atoms with Crippen molar-refractivity contribution in [1.82, 2.24) is 0 Å². The molecule has 0 aliphatic rings. The van der Waals surface area contributed by atoms with E-state index in [1.54, 1.807) is 62.4 Å². The van der Waals surface area contributed by atoms with Gasteiger partial charge in [-0.05, 0) is 49.7 Å². The summed E-state index contributed by atoms with van der Waals surface area (Å²) in [6, 6.07) is 13.9. The van der Waals surface area contributed by atoms with Crippen LogP contribution in [0.1, 0.15) is 19.4 Å². The Bertz CT molecular complexity index is 670. The molecular formula is C17H18ClNO3. The number of rotatable bonds is 5. The van der Waals surface area contributed by atoms with E-state index in [0.29, 0.717) is 16.5 Å². The van der Waals surface area contributed by atoms with Crippen LogP contribution in [0, 0.1) is 0 Å². The summed E-state index contributed by atoms with van der Waals surface area (Å²) < 4.78 is 5.73. The van der Waals surface area contributed by atoms with Crippen molar-refractivity contribution in [2.75, 3.05) is 5.32 Å². The largest absolute Gasteiger partial charge is 0.478 e. The number of hydrogen-bond acceptors (Lipinski definition) is 3. The fraction of sp³-hybridized carbons (Fsp3) is 0.235. The number of nitrogens with one attached hydrogen (secondary N) is 1. The monoisotopic (exact) mass is 319 g/mol. The summed E-state index contributed by atoms with van der Waals surface area (Å²) in [5.74, 6) is 0.235. The molecule has 2 aromatic rings. The van der Waals surface area contributed by atoms with Crippen molar-refractivity contribution in [2.24, 2.45) is 0 Å². The molecule has 0 radical (unpaired) electrons. The van der Waals surface area contributed by atoms with Gasteiger partial charge in [0.15, 0.2) is 5.60 Å². The van der Waals surface area contributed by atoms with Crippen molar-refractivity contribution in [3.05, 3.63) is 59.1 Å². The molecule has 0 saturated carbocycles. The lowest BCUT2D eigenvalue weighted by molar-refractivity contribution is -0.128. The van der Waals surface area contributed by atoms with Crippen molar-refractivity contribution >= 4 is 23.2 Å². The molecule has 0 spiro atoms. The average Bonchev–Trinajstić information content (AvgIpc) is 2.47. The van der Waals surface area contributed by atoms with Gasteiger partial charge in [-0.2, -0.15) is 0 Å². The molecule has 0 fully saturated rings.